The lowest BCUT2D eigenvalue weighted by Gasteiger charge is -2.12. The van der Waals surface area contributed by atoms with Crippen LogP contribution in [0, 0.1) is 10.1 Å². The molecule has 1 amide bonds. The smallest absolute Gasteiger partial charge is 0.416 e. The minimum atomic E-state index is -4.80. The molecule has 0 aliphatic rings. The Bertz CT molecular complexity index is 886. The number of carbonyl (C=O) groups excluding carboxylic acids is 2. The first kappa shape index (κ1) is 20.8. The number of carbonyl (C=O) groups is 2. The van der Waals surface area contributed by atoms with Crippen LogP contribution < -0.4 is 5.32 Å². The molecule has 0 fully saturated rings. The van der Waals surface area contributed by atoms with Crippen LogP contribution in [0.2, 0.25) is 0 Å². The Labute approximate surface area is 155 Å². The number of ether oxygens (including phenoxy) is 1. The van der Waals surface area contributed by atoms with Crippen LogP contribution in [0.5, 0.6) is 0 Å². The van der Waals surface area contributed by atoms with E-state index >= 15 is 0 Å². The predicted octanol–water partition coefficient (Wildman–Crippen LogP) is 2.83. The SMILES string of the molecule is O=C(COC(=O)[C@@H](O)c1ccccc1)Nc1ccc(C(F)(F)F)cc1[N+](=O)[O-]. The Kier molecular flexibility index (Phi) is 6.31. The van der Waals surface area contributed by atoms with Crippen LogP contribution >= 0.6 is 0 Å². The molecule has 148 valence electrons. The van der Waals surface area contributed by atoms with Crippen LogP contribution in [-0.2, 0) is 20.5 Å². The molecule has 2 N–H and O–H groups in total. The molecule has 8 nitrogen and oxygen atoms in total. The fourth-order valence-corrected chi connectivity index (χ4v) is 2.14. The number of nitrogens with zero attached hydrogens (tertiary/aromatic N) is 1. The quantitative estimate of drug-likeness (QED) is 0.439. The first-order valence-electron chi connectivity index (χ1n) is 7.64. The number of anilines is 1. The summed E-state index contributed by atoms with van der Waals surface area (Å²) in [6, 6.07) is 9.28. The maximum Gasteiger partial charge on any atom is 0.416 e. The number of aliphatic hydroxyl groups excluding tert-OH is 1. The highest BCUT2D eigenvalue weighted by Gasteiger charge is 2.33. The van der Waals surface area contributed by atoms with E-state index in [1.165, 1.54) is 12.1 Å². The number of esters is 1. The Balaban J connectivity index is 2.03. The molecule has 0 saturated carbocycles. The molecule has 28 heavy (non-hydrogen) atoms. The van der Waals surface area contributed by atoms with Crippen molar-refractivity contribution in [1.82, 2.24) is 0 Å². The summed E-state index contributed by atoms with van der Waals surface area (Å²) in [5.74, 6) is -2.17. The van der Waals surface area contributed by atoms with Crippen LogP contribution in [0.3, 0.4) is 0 Å². The number of alkyl halides is 3. The number of benzene rings is 2. The van der Waals surface area contributed by atoms with Gasteiger partial charge in [0.25, 0.3) is 11.6 Å². The van der Waals surface area contributed by atoms with Crippen molar-refractivity contribution in [2.24, 2.45) is 0 Å². The number of rotatable bonds is 6. The zero-order valence-electron chi connectivity index (χ0n) is 14.0. The number of nitro benzene ring substituents is 1. The summed E-state index contributed by atoms with van der Waals surface area (Å²) < 4.78 is 42.6. The van der Waals surface area contributed by atoms with Gasteiger partial charge in [0.15, 0.2) is 12.7 Å². The van der Waals surface area contributed by atoms with E-state index in [2.05, 4.69) is 4.74 Å². The van der Waals surface area contributed by atoms with Crippen molar-refractivity contribution in [1.29, 1.82) is 0 Å². The van der Waals surface area contributed by atoms with Gasteiger partial charge >= 0.3 is 12.1 Å². The molecule has 0 bridgehead atoms. The van der Waals surface area contributed by atoms with Crippen molar-refractivity contribution in [2.45, 2.75) is 12.3 Å². The van der Waals surface area contributed by atoms with Crippen molar-refractivity contribution >= 4 is 23.3 Å². The molecule has 2 aromatic carbocycles. The van der Waals surface area contributed by atoms with Gasteiger partial charge in [-0.15, -0.1) is 0 Å². The molecule has 0 unspecified atom stereocenters. The lowest BCUT2D eigenvalue weighted by atomic mass is 10.1. The Morgan fingerprint density at radius 1 is 1.18 bits per heavy atom. The van der Waals surface area contributed by atoms with Crippen molar-refractivity contribution in [3.63, 3.8) is 0 Å². The molecule has 2 aromatic rings. The van der Waals surface area contributed by atoms with Gasteiger partial charge in [0, 0.05) is 6.07 Å². The summed E-state index contributed by atoms with van der Waals surface area (Å²) in [5.41, 5.74) is -2.50. The number of nitro groups is 1. The number of nitrogens with one attached hydrogen (secondary N) is 1. The fraction of sp³-hybridized carbons (Fsp3) is 0.176. The molecule has 1 atom stereocenters. The molecular weight excluding hydrogens is 385 g/mol. The summed E-state index contributed by atoms with van der Waals surface area (Å²) in [4.78, 5) is 33.4. The maximum atomic E-state index is 12.7. The third-order valence-corrected chi connectivity index (χ3v) is 3.48. The van der Waals surface area contributed by atoms with E-state index < -0.39 is 52.6 Å². The van der Waals surface area contributed by atoms with Crippen LogP contribution in [0.25, 0.3) is 0 Å². The first-order chi connectivity index (χ1) is 13.1. The summed E-state index contributed by atoms with van der Waals surface area (Å²) in [6.45, 7) is -0.902. The second-order valence-electron chi connectivity index (χ2n) is 5.46. The van der Waals surface area contributed by atoms with Crippen molar-refractivity contribution in [2.75, 3.05) is 11.9 Å². The molecular formula is C17H13F3N2O6. The standard InChI is InChI=1S/C17H13F3N2O6/c18-17(19,20)11-6-7-12(13(8-11)22(26)27)21-14(23)9-28-16(25)15(24)10-4-2-1-3-5-10/h1-8,15,24H,9H2,(H,21,23)/t15-/m0/s1. The molecule has 0 aliphatic heterocycles. The van der Waals surface area contributed by atoms with Crippen molar-refractivity contribution in [3.05, 3.63) is 69.8 Å². The molecule has 2 rings (SSSR count). The van der Waals surface area contributed by atoms with Crippen LogP contribution in [0.15, 0.2) is 48.5 Å². The van der Waals surface area contributed by atoms with Crippen molar-refractivity contribution < 1.29 is 37.5 Å². The van der Waals surface area contributed by atoms with E-state index in [0.29, 0.717) is 6.07 Å². The first-order valence-corrected chi connectivity index (χ1v) is 7.64. The number of aliphatic hydroxyl groups is 1. The van der Waals surface area contributed by atoms with E-state index in [1.807, 2.05) is 5.32 Å². The largest absolute Gasteiger partial charge is 0.453 e. The molecule has 0 aromatic heterocycles. The van der Waals surface area contributed by atoms with E-state index in [-0.39, 0.29) is 11.6 Å². The van der Waals surface area contributed by atoms with Gasteiger partial charge in [0.05, 0.1) is 10.5 Å². The van der Waals surface area contributed by atoms with Gasteiger partial charge in [0.1, 0.15) is 5.69 Å². The van der Waals surface area contributed by atoms with Crippen LogP contribution in [-0.4, -0.2) is 28.5 Å². The Hall–Kier alpha value is -3.47. The third-order valence-electron chi connectivity index (χ3n) is 3.48. The molecule has 0 aliphatic carbocycles. The predicted molar refractivity (Wildman–Crippen MR) is 89.1 cm³/mol. The second-order valence-corrected chi connectivity index (χ2v) is 5.46. The van der Waals surface area contributed by atoms with Gasteiger partial charge in [-0.2, -0.15) is 13.2 Å². The second kappa shape index (κ2) is 8.48. The highest BCUT2D eigenvalue weighted by Crippen LogP contribution is 2.34. The highest BCUT2D eigenvalue weighted by atomic mass is 19.4. The number of halogens is 3. The minimum Gasteiger partial charge on any atom is -0.453 e. The number of hydrogen-bond donors (Lipinski definition) is 2. The number of hydrogen-bond acceptors (Lipinski definition) is 6. The average Bonchev–Trinajstić information content (AvgIpc) is 2.65. The molecule has 0 saturated heterocycles. The molecule has 0 heterocycles. The van der Waals surface area contributed by atoms with Crippen LogP contribution in [0.1, 0.15) is 17.2 Å². The average molecular weight is 398 g/mol. The van der Waals surface area contributed by atoms with E-state index in [4.69, 9.17) is 0 Å². The monoisotopic (exact) mass is 398 g/mol. The minimum absolute atomic E-state index is 0.228. The fourth-order valence-electron chi connectivity index (χ4n) is 2.14. The third kappa shape index (κ3) is 5.27. The number of amides is 1. The van der Waals surface area contributed by atoms with E-state index in [9.17, 15) is 38.0 Å². The van der Waals surface area contributed by atoms with Gasteiger partial charge < -0.3 is 15.2 Å². The van der Waals surface area contributed by atoms with Gasteiger partial charge in [-0.25, -0.2) is 4.79 Å². The van der Waals surface area contributed by atoms with Crippen molar-refractivity contribution in [3.8, 4) is 0 Å². The summed E-state index contributed by atoms with van der Waals surface area (Å²) in [5, 5.41) is 22.8. The maximum absolute atomic E-state index is 12.7. The molecule has 0 spiro atoms. The topological polar surface area (TPSA) is 119 Å². The lowest BCUT2D eigenvalue weighted by Crippen LogP contribution is -2.24. The molecule has 0 radical (unpaired) electrons. The van der Waals surface area contributed by atoms with E-state index in [0.717, 1.165) is 6.07 Å². The van der Waals surface area contributed by atoms with Crippen LogP contribution in [0.4, 0.5) is 24.5 Å². The zero-order chi connectivity index (χ0) is 20.9. The summed E-state index contributed by atoms with van der Waals surface area (Å²) in [7, 11) is 0. The summed E-state index contributed by atoms with van der Waals surface area (Å²) >= 11 is 0. The summed E-state index contributed by atoms with van der Waals surface area (Å²) in [6.07, 6.45) is -6.44. The lowest BCUT2D eigenvalue weighted by molar-refractivity contribution is -0.384. The Morgan fingerprint density at radius 3 is 2.39 bits per heavy atom. The van der Waals surface area contributed by atoms with Gasteiger partial charge in [0.2, 0.25) is 0 Å². The van der Waals surface area contributed by atoms with Gasteiger partial charge in [-0.3, -0.25) is 14.9 Å². The molecule has 11 heteroatoms. The van der Waals surface area contributed by atoms with Gasteiger partial charge in [-0.05, 0) is 17.7 Å². The highest BCUT2D eigenvalue weighted by molar-refractivity contribution is 5.95. The van der Waals surface area contributed by atoms with E-state index in [1.54, 1.807) is 18.2 Å². The zero-order valence-corrected chi connectivity index (χ0v) is 14.0. The Morgan fingerprint density at radius 2 is 1.82 bits per heavy atom. The normalized spacial score (nSPS) is 12.1. The van der Waals surface area contributed by atoms with Gasteiger partial charge in [-0.1, -0.05) is 30.3 Å².